The lowest BCUT2D eigenvalue weighted by Crippen LogP contribution is -2.49. The van der Waals surface area contributed by atoms with Crippen LogP contribution in [0.25, 0.3) is 5.57 Å². The van der Waals surface area contributed by atoms with Gasteiger partial charge in [0.1, 0.15) is 11.6 Å². The number of carbonyl (C=O) groups excluding carboxylic acids is 1. The number of nitrogens with zero attached hydrogens (tertiary/aromatic N) is 3. The van der Waals surface area contributed by atoms with Crippen molar-refractivity contribution in [2.75, 3.05) is 23.0 Å². The Morgan fingerprint density at radius 1 is 1.25 bits per heavy atom. The van der Waals surface area contributed by atoms with E-state index in [0.29, 0.717) is 17.6 Å². The molecule has 6 nitrogen and oxygen atoms in total. The van der Waals surface area contributed by atoms with Crippen LogP contribution in [0.3, 0.4) is 0 Å². The van der Waals surface area contributed by atoms with Crippen LogP contribution >= 0.6 is 11.8 Å². The molecular weight excluding hydrogens is 372 g/mol. The minimum atomic E-state index is -0.436. The number of allylic oxidation sites excluding steroid dienone is 1. The van der Waals surface area contributed by atoms with Crippen molar-refractivity contribution >= 4 is 34.7 Å². The summed E-state index contributed by atoms with van der Waals surface area (Å²) in [5.41, 5.74) is 9.18. The lowest BCUT2D eigenvalue weighted by atomic mass is 9.88. The van der Waals surface area contributed by atoms with Gasteiger partial charge in [-0.1, -0.05) is 17.8 Å². The van der Waals surface area contributed by atoms with Gasteiger partial charge >= 0.3 is 0 Å². The zero-order valence-corrected chi connectivity index (χ0v) is 17.8. The molecule has 0 saturated heterocycles. The summed E-state index contributed by atoms with van der Waals surface area (Å²) in [6, 6.07) is 7.58. The van der Waals surface area contributed by atoms with Crippen LogP contribution in [0.2, 0.25) is 0 Å². The van der Waals surface area contributed by atoms with E-state index in [1.807, 2.05) is 50.8 Å². The molecule has 0 unspecified atom stereocenters. The van der Waals surface area contributed by atoms with Gasteiger partial charge in [-0.25, -0.2) is 9.97 Å². The van der Waals surface area contributed by atoms with E-state index < -0.39 is 5.54 Å². The third-order valence-electron chi connectivity index (χ3n) is 4.52. The maximum absolute atomic E-state index is 13.2. The molecule has 0 atom stereocenters. The summed E-state index contributed by atoms with van der Waals surface area (Å²) < 4.78 is 5.63. The van der Waals surface area contributed by atoms with Gasteiger partial charge in [0.2, 0.25) is 5.91 Å². The molecule has 1 aliphatic rings. The molecule has 1 aromatic carbocycles. The van der Waals surface area contributed by atoms with E-state index in [-0.39, 0.29) is 11.7 Å². The molecule has 2 N–H and O–H groups in total. The highest BCUT2D eigenvalue weighted by atomic mass is 32.2. The standard InChI is InChI=1S/C21H26N4O2S/c1-6-27-15-7-8-17-16(10-15)13(2)11-21(4,5)25(17)19(26)12-28-20-23-14(3)9-18(22)24-20/h7-11H,6,12H2,1-5H3,(H2,22,23,24). The Morgan fingerprint density at radius 2 is 2.00 bits per heavy atom. The largest absolute Gasteiger partial charge is 0.494 e. The van der Waals surface area contributed by atoms with E-state index in [1.165, 1.54) is 11.8 Å². The number of nitrogen functional groups attached to an aromatic ring is 1. The van der Waals surface area contributed by atoms with E-state index >= 15 is 0 Å². The fourth-order valence-corrected chi connectivity index (χ4v) is 4.30. The van der Waals surface area contributed by atoms with Crippen LogP contribution in [0.5, 0.6) is 5.75 Å². The number of rotatable bonds is 5. The van der Waals surface area contributed by atoms with Gasteiger partial charge < -0.3 is 15.4 Å². The first kappa shape index (κ1) is 20.2. The first-order valence-electron chi connectivity index (χ1n) is 9.25. The number of hydrogen-bond acceptors (Lipinski definition) is 6. The van der Waals surface area contributed by atoms with Crippen molar-refractivity contribution < 1.29 is 9.53 Å². The van der Waals surface area contributed by atoms with Crippen LogP contribution in [0.4, 0.5) is 11.5 Å². The number of fused-ring (bicyclic) bond motifs is 1. The Labute approximate surface area is 170 Å². The zero-order chi connectivity index (χ0) is 20.5. The van der Waals surface area contributed by atoms with Crippen LogP contribution in [0, 0.1) is 6.92 Å². The van der Waals surface area contributed by atoms with E-state index in [1.54, 1.807) is 6.07 Å². The first-order chi connectivity index (χ1) is 13.2. The first-order valence-corrected chi connectivity index (χ1v) is 10.2. The quantitative estimate of drug-likeness (QED) is 0.603. The summed E-state index contributed by atoms with van der Waals surface area (Å²) in [7, 11) is 0. The third-order valence-corrected chi connectivity index (χ3v) is 5.35. The van der Waals surface area contributed by atoms with Crippen molar-refractivity contribution in [2.24, 2.45) is 0 Å². The molecule has 0 bridgehead atoms. The number of aryl methyl sites for hydroxylation is 1. The molecule has 0 aliphatic carbocycles. The van der Waals surface area contributed by atoms with Crippen molar-refractivity contribution in [1.82, 2.24) is 9.97 Å². The summed E-state index contributed by atoms with van der Waals surface area (Å²) in [5.74, 6) is 1.44. The van der Waals surface area contributed by atoms with Gasteiger partial charge in [-0.05, 0) is 58.4 Å². The lowest BCUT2D eigenvalue weighted by Gasteiger charge is -2.41. The predicted octanol–water partition coefficient (Wildman–Crippen LogP) is 4.09. The summed E-state index contributed by atoms with van der Waals surface area (Å²) in [6.45, 7) is 10.6. The molecule has 0 fully saturated rings. The molecule has 1 aliphatic heterocycles. The maximum atomic E-state index is 13.2. The Balaban J connectivity index is 1.88. The minimum absolute atomic E-state index is 0.00663. The molecule has 3 rings (SSSR count). The molecule has 0 spiro atoms. The number of carbonyl (C=O) groups is 1. The number of nitrogens with two attached hydrogens (primary N) is 1. The normalized spacial score (nSPS) is 15.0. The second-order valence-electron chi connectivity index (χ2n) is 7.33. The highest BCUT2D eigenvalue weighted by Crippen LogP contribution is 2.41. The molecule has 1 amide bonds. The van der Waals surface area contributed by atoms with Gasteiger partial charge in [0.25, 0.3) is 0 Å². The Bertz CT molecular complexity index is 920. The number of ether oxygens (including phenoxy) is 1. The van der Waals surface area contributed by atoms with E-state index in [9.17, 15) is 4.79 Å². The Kier molecular flexibility index (Phi) is 5.65. The zero-order valence-electron chi connectivity index (χ0n) is 16.9. The Morgan fingerprint density at radius 3 is 2.68 bits per heavy atom. The van der Waals surface area contributed by atoms with E-state index in [0.717, 1.165) is 28.3 Å². The summed E-state index contributed by atoms with van der Waals surface area (Å²) in [4.78, 5) is 23.6. The van der Waals surface area contributed by atoms with Crippen LogP contribution in [-0.4, -0.2) is 33.8 Å². The molecule has 28 heavy (non-hydrogen) atoms. The molecular formula is C21H26N4O2S. The van der Waals surface area contributed by atoms with Crippen LogP contribution in [0.15, 0.2) is 35.5 Å². The second kappa shape index (κ2) is 7.83. The van der Waals surface area contributed by atoms with Gasteiger partial charge in [-0.2, -0.15) is 0 Å². The number of anilines is 2. The number of benzene rings is 1. The SMILES string of the molecule is CCOc1ccc2c(c1)C(C)=CC(C)(C)N2C(=O)CSc1nc(C)cc(N)n1. The molecule has 148 valence electrons. The molecule has 0 saturated carbocycles. The van der Waals surface area contributed by atoms with Gasteiger partial charge in [-0.3, -0.25) is 4.79 Å². The van der Waals surface area contributed by atoms with Gasteiger partial charge in [0.05, 0.1) is 23.6 Å². The van der Waals surface area contributed by atoms with E-state index in [4.69, 9.17) is 10.5 Å². The van der Waals surface area contributed by atoms with Gasteiger partial charge in [-0.15, -0.1) is 0 Å². The molecule has 7 heteroatoms. The van der Waals surface area contributed by atoms with E-state index in [2.05, 4.69) is 23.0 Å². The summed E-state index contributed by atoms with van der Waals surface area (Å²) >= 11 is 1.30. The average Bonchev–Trinajstić information content (AvgIpc) is 2.59. The van der Waals surface area contributed by atoms with Crippen LogP contribution in [0.1, 0.15) is 39.0 Å². The van der Waals surface area contributed by atoms with Crippen molar-refractivity contribution in [3.8, 4) is 5.75 Å². The topological polar surface area (TPSA) is 81.3 Å². The van der Waals surface area contributed by atoms with Crippen molar-refractivity contribution in [3.63, 3.8) is 0 Å². The molecule has 2 aromatic rings. The smallest absolute Gasteiger partial charge is 0.238 e. The number of amides is 1. The maximum Gasteiger partial charge on any atom is 0.238 e. The number of aromatic nitrogens is 2. The van der Waals surface area contributed by atoms with Crippen molar-refractivity contribution in [3.05, 3.63) is 41.6 Å². The van der Waals surface area contributed by atoms with Crippen molar-refractivity contribution in [2.45, 2.75) is 45.3 Å². The molecule has 1 aromatic heterocycles. The van der Waals surface area contributed by atoms with Gasteiger partial charge in [0, 0.05) is 17.3 Å². The number of thioether (sulfide) groups is 1. The molecule has 0 radical (unpaired) electrons. The van der Waals surface area contributed by atoms with Crippen LogP contribution in [-0.2, 0) is 4.79 Å². The van der Waals surface area contributed by atoms with Crippen LogP contribution < -0.4 is 15.4 Å². The van der Waals surface area contributed by atoms with Crippen molar-refractivity contribution in [1.29, 1.82) is 0 Å². The van der Waals surface area contributed by atoms with Gasteiger partial charge in [0.15, 0.2) is 5.16 Å². The predicted molar refractivity (Wildman–Crippen MR) is 115 cm³/mol. The fourth-order valence-electron chi connectivity index (χ4n) is 3.54. The average molecular weight is 399 g/mol. The summed E-state index contributed by atoms with van der Waals surface area (Å²) in [5, 5.41) is 0.513. The molecule has 2 heterocycles. The lowest BCUT2D eigenvalue weighted by molar-refractivity contribution is -0.116. The number of hydrogen-bond donors (Lipinski definition) is 1. The minimum Gasteiger partial charge on any atom is -0.494 e. The second-order valence-corrected chi connectivity index (χ2v) is 8.27. The Hall–Kier alpha value is -2.54. The monoisotopic (exact) mass is 398 g/mol. The fraction of sp³-hybridized carbons (Fsp3) is 0.381. The highest BCUT2D eigenvalue weighted by molar-refractivity contribution is 7.99. The highest BCUT2D eigenvalue weighted by Gasteiger charge is 2.35. The third kappa shape index (κ3) is 4.14. The summed E-state index contributed by atoms with van der Waals surface area (Å²) in [6.07, 6.45) is 2.12.